The van der Waals surface area contributed by atoms with Crippen LogP contribution in [0.1, 0.15) is 31.7 Å². The highest BCUT2D eigenvalue weighted by Gasteiger charge is 2.27. The predicted molar refractivity (Wildman–Crippen MR) is 128 cm³/mol. The first-order valence-electron chi connectivity index (χ1n) is 11.7. The summed E-state index contributed by atoms with van der Waals surface area (Å²) in [5.74, 6) is 0.662. The molecule has 1 aliphatic rings. The van der Waals surface area contributed by atoms with E-state index in [0.717, 1.165) is 42.7 Å². The van der Waals surface area contributed by atoms with Gasteiger partial charge in [-0.1, -0.05) is 37.3 Å². The quantitative estimate of drug-likeness (QED) is 0.475. The average Bonchev–Trinajstić information content (AvgIpc) is 3.47. The van der Waals surface area contributed by atoms with E-state index in [1.807, 2.05) is 37.3 Å². The number of aromatic nitrogens is 2. The van der Waals surface area contributed by atoms with Crippen molar-refractivity contribution in [1.29, 1.82) is 0 Å². The SMILES string of the molecule is CCCNC(=O)N(Cc1c(-c2ccccc2)nn(C)c1Oc1ccc(F)cc1)C[C@H]1CCCO1. The van der Waals surface area contributed by atoms with Gasteiger partial charge < -0.3 is 19.7 Å². The number of halogens is 1. The van der Waals surface area contributed by atoms with Crippen molar-refractivity contribution in [3.63, 3.8) is 0 Å². The second-order valence-electron chi connectivity index (χ2n) is 8.43. The molecule has 0 unspecified atom stereocenters. The standard InChI is InChI=1S/C26H31FN4O3/c1-3-15-28-26(32)31(17-22-10-7-16-33-22)18-23-24(19-8-5-4-6-9-19)29-30(2)25(23)34-21-13-11-20(27)12-14-21/h4-6,8-9,11-14,22H,3,7,10,15-18H2,1-2H3,(H,28,32)/t22-/m1/s1. The maximum atomic E-state index is 13.4. The molecule has 1 atom stereocenters. The smallest absolute Gasteiger partial charge is 0.317 e. The highest BCUT2D eigenvalue weighted by Crippen LogP contribution is 2.34. The Labute approximate surface area is 199 Å². The van der Waals surface area contributed by atoms with Crippen molar-refractivity contribution in [1.82, 2.24) is 20.0 Å². The Morgan fingerprint density at radius 1 is 1.24 bits per heavy atom. The van der Waals surface area contributed by atoms with E-state index in [2.05, 4.69) is 5.32 Å². The molecule has 1 aliphatic heterocycles. The van der Waals surface area contributed by atoms with Gasteiger partial charge in [0.25, 0.3) is 0 Å². The Morgan fingerprint density at radius 3 is 2.68 bits per heavy atom. The molecule has 4 rings (SSSR count). The molecule has 8 heteroatoms. The van der Waals surface area contributed by atoms with Crippen molar-refractivity contribution in [2.45, 2.75) is 38.8 Å². The predicted octanol–water partition coefficient (Wildman–Crippen LogP) is 5.12. The maximum Gasteiger partial charge on any atom is 0.317 e. The first-order valence-corrected chi connectivity index (χ1v) is 11.7. The summed E-state index contributed by atoms with van der Waals surface area (Å²) >= 11 is 0. The number of aryl methyl sites for hydroxylation is 1. The Bertz CT molecular complexity index is 1080. The van der Waals surface area contributed by atoms with Gasteiger partial charge in [-0.3, -0.25) is 0 Å². The summed E-state index contributed by atoms with van der Waals surface area (Å²) in [7, 11) is 1.80. The van der Waals surface area contributed by atoms with Gasteiger partial charge in [-0.25, -0.2) is 13.9 Å². The van der Waals surface area contributed by atoms with Crippen molar-refractivity contribution in [2.75, 3.05) is 19.7 Å². The molecular weight excluding hydrogens is 435 g/mol. The number of hydrogen-bond acceptors (Lipinski definition) is 4. The molecule has 3 aromatic rings. The number of urea groups is 1. The van der Waals surface area contributed by atoms with Gasteiger partial charge in [-0.2, -0.15) is 5.10 Å². The summed E-state index contributed by atoms with van der Waals surface area (Å²) in [5.41, 5.74) is 2.44. The minimum absolute atomic E-state index is 0.00527. The second kappa shape index (κ2) is 11.2. The molecular formula is C26H31FN4O3. The Kier molecular flexibility index (Phi) is 7.80. The number of nitrogens with zero attached hydrogens (tertiary/aromatic N) is 3. The van der Waals surface area contributed by atoms with E-state index in [9.17, 15) is 9.18 Å². The van der Waals surface area contributed by atoms with Crippen LogP contribution < -0.4 is 10.1 Å². The molecule has 0 aliphatic carbocycles. The topological polar surface area (TPSA) is 68.6 Å². The van der Waals surface area contributed by atoms with E-state index >= 15 is 0 Å². The molecule has 2 amide bonds. The largest absolute Gasteiger partial charge is 0.439 e. The van der Waals surface area contributed by atoms with E-state index in [4.69, 9.17) is 14.6 Å². The van der Waals surface area contributed by atoms with Crippen LogP contribution in [0.3, 0.4) is 0 Å². The summed E-state index contributed by atoms with van der Waals surface area (Å²) in [5, 5.41) is 7.72. The minimum atomic E-state index is -0.335. The van der Waals surface area contributed by atoms with E-state index in [-0.39, 0.29) is 18.0 Å². The normalized spacial score (nSPS) is 15.3. The fraction of sp³-hybridized carbons (Fsp3) is 0.385. The van der Waals surface area contributed by atoms with Gasteiger partial charge in [0.2, 0.25) is 5.88 Å². The lowest BCUT2D eigenvalue weighted by Gasteiger charge is -2.26. The van der Waals surface area contributed by atoms with Crippen molar-refractivity contribution >= 4 is 6.03 Å². The molecule has 2 heterocycles. The van der Waals surface area contributed by atoms with Crippen LogP contribution in [-0.2, 0) is 18.3 Å². The van der Waals surface area contributed by atoms with Gasteiger partial charge >= 0.3 is 6.03 Å². The molecule has 1 saturated heterocycles. The number of hydrogen-bond donors (Lipinski definition) is 1. The molecule has 0 saturated carbocycles. The summed E-state index contributed by atoms with van der Waals surface area (Å²) in [6.07, 6.45) is 2.77. The lowest BCUT2D eigenvalue weighted by molar-refractivity contribution is 0.0793. The Hall–Kier alpha value is -3.39. The zero-order chi connectivity index (χ0) is 23.9. The van der Waals surface area contributed by atoms with Crippen LogP contribution in [0.25, 0.3) is 11.3 Å². The lowest BCUT2D eigenvalue weighted by atomic mass is 10.1. The fourth-order valence-electron chi connectivity index (χ4n) is 4.05. The van der Waals surface area contributed by atoms with Crippen LogP contribution >= 0.6 is 0 Å². The third kappa shape index (κ3) is 5.75. The Morgan fingerprint density at radius 2 is 2.00 bits per heavy atom. The van der Waals surface area contributed by atoms with E-state index < -0.39 is 0 Å². The van der Waals surface area contributed by atoms with Crippen molar-refractivity contribution in [3.8, 4) is 22.9 Å². The van der Waals surface area contributed by atoms with Crippen molar-refractivity contribution in [2.24, 2.45) is 7.05 Å². The van der Waals surface area contributed by atoms with Gasteiger partial charge in [0.1, 0.15) is 17.3 Å². The monoisotopic (exact) mass is 466 g/mol. The molecule has 1 aromatic heterocycles. The van der Waals surface area contributed by atoms with Crippen molar-refractivity contribution < 1.29 is 18.7 Å². The minimum Gasteiger partial charge on any atom is -0.439 e. The number of carbonyl (C=O) groups is 1. The maximum absolute atomic E-state index is 13.4. The highest BCUT2D eigenvalue weighted by molar-refractivity contribution is 5.75. The number of ether oxygens (including phenoxy) is 2. The number of nitrogens with one attached hydrogen (secondary N) is 1. The molecule has 0 spiro atoms. The number of amides is 2. The summed E-state index contributed by atoms with van der Waals surface area (Å²) in [6, 6.07) is 15.5. The molecule has 2 aromatic carbocycles. The first kappa shape index (κ1) is 23.8. The zero-order valence-electron chi connectivity index (χ0n) is 19.7. The fourth-order valence-corrected chi connectivity index (χ4v) is 4.05. The number of benzene rings is 2. The first-order chi connectivity index (χ1) is 16.5. The van der Waals surface area contributed by atoms with Gasteiger partial charge in [-0.15, -0.1) is 0 Å². The van der Waals surface area contributed by atoms with Crippen LogP contribution in [0, 0.1) is 5.82 Å². The molecule has 34 heavy (non-hydrogen) atoms. The molecule has 0 bridgehead atoms. The lowest BCUT2D eigenvalue weighted by Crippen LogP contribution is -2.43. The summed E-state index contributed by atoms with van der Waals surface area (Å²) < 4.78 is 27.1. The third-order valence-electron chi connectivity index (χ3n) is 5.77. The van der Waals surface area contributed by atoms with E-state index in [1.165, 1.54) is 12.1 Å². The van der Waals surface area contributed by atoms with Crippen LogP contribution in [0.15, 0.2) is 54.6 Å². The molecule has 1 fully saturated rings. The van der Waals surface area contributed by atoms with Gasteiger partial charge in [0.05, 0.1) is 18.2 Å². The van der Waals surface area contributed by atoms with Gasteiger partial charge in [0.15, 0.2) is 0 Å². The number of carbonyl (C=O) groups excluding carboxylic acids is 1. The van der Waals surface area contributed by atoms with E-state index in [0.29, 0.717) is 31.3 Å². The van der Waals surface area contributed by atoms with Crippen LogP contribution in [0.2, 0.25) is 0 Å². The highest BCUT2D eigenvalue weighted by atomic mass is 19.1. The summed E-state index contributed by atoms with van der Waals surface area (Å²) in [4.78, 5) is 14.9. The van der Waals surface area contributed by atoms with E-state index in [1.54, 1.807) is 28.8 Å². The molecule has 7 nitrogen and oxygen atoms in total. The van der Waals surface area contributed by atoms with Crippen molar-refractivity contribution in [3.05, 3.63) is 66.0 Å². The van der Waals surface area contributed by atoms with Gasteiger partial charge in [0, 0.05) is 32.3 Å². The second-order valence-corrected chi connectivity index (χ2v) is 8.43. The van der Waals surface area contributed by atoms with Crippen LogP contribution in [0.5, 0.6) is 11.6 Å². The third-order valence-corrected chi connectivity index (χ3v) is 5.77. The van der Waals surface area contributed by atoms with Crippen LogP contribution in [-0.4, -0.2) is 46.5 Å². The molecule has 1 N–H and O–H groups in total. The molecule has 180 valence electrons. The van der Waals surface area contributed by atoms with Gasteiger partial charge in [-0.05, 0) is 43.5 Å². The Balaban J connectivity index is 1.70. The average molecular weight is 467 g/mol. The summed E-state index contributed by atoms with van der Waals surface area (Å²) in [6.45, 7) is 4.11. The number of rotatable bonds is 9. The zero-order valence-corrected chi connectivity index (χ0v) is 19.7. The van der Waals surface area contributed by atoms with Crippen LogP contribution in [0.4, 0.5) is 9.18 Å². The molecule has 0 radical (unpaired) electrons.